The number of aliphatic hydroxyl groups is 3. The first-order valence-corrected chi connectivity index (χ1v) is 7.69. The van der Waals surface area contributed by atoms with Gasteiger partial charge in [-0.1, -0.05) is 18.2 Å². The van der Waals surface area contributed by atoms with Gasteiger partial charge in [0, 0.05) is 0 Å². The van der Waals surface area contributed by atoms with Crippen LogP contribution in [-0.4, -0.2) is 66.3 Å². The van der Waals surface area contributed by atoms with Crippen molar-refractivity contribution in [1.82, 2.24) is 0 Å². The molecule has 1 fully saturated rings. The van der Waals surface area contributed by atoms with Gasteiger partial charge in [-0.2, -0.15) is 0 Å². The van der Waals surface area contributed by atoms with Gasteiger partial charge in [-0.15, -0.1) is 6.58 Å². The van der Waals surface area contributed by atoms with E-state index in [0.29, 0.717) is 6.61 Å². The number of methoxy groups -OCH3 is 1. The highest BCUT2D eigenvalue weighted by Gasteiger charge is 2.44. The summed E-state index contributed by atoms with van der Waals surface area (Å²) in [4.78, 5) is 0. The summed E-state index contributed by atoms with van der Waals surface area (Å²) in [6, 6.07) is 7.38. The average Bonchev–Trinajstić information content (AvgIpc) is 2.60. The fourth-order valence-corrected chi connectivity index (χ4v) is 2.44. The highest BCUT2D eigenvalue weighted by atomic mass is 16.7. The van der Waals surface area contributed by atoms with Crippen LogP contribution in [0, 0.1) is 0 Å². The van der Waals surface area contributed by atoms with E-state index in [1.807, 2.05) is 24.3 Å². The van der Waals surface area contributed by atoms with Crippen LogP contribution in [-0.2, 0) is 20.8 Å². The second-order valence-electron chi connectivity index (χ2n) is 5.50. The summed E-state index contributed by atoms with van der Waals surface area (Å²) in [7, 11) is 1.60. The first kappa shape index (κ1) is 18.9. The van der Waals surface area contributed by atoms with Gasteiger partial charge in [-0.3, -0.25) is 0 Å². The minimum atomic E-state index is -1.45. The lowest BCUT2D eigenvalue weighted by Crippen LogP contribution is -2.59. The third-order valence-corrected chi connectivity index (χ3v) is 3.78. The number of hydrogen-bond acceptors (Lipinski definition) is 7. The molecule has 7 nitrogen and oxygen atoms in total. The molecule has 7 heteroatoms. The monoisotopic (exact) mass is 340 g/mol. The lowest BCUT2D eigenvalue weighted by Gasteiger charge is -2.40. The zero-order chi connectivity index (χ0) is 17.5. The molecule has 0 bridgehead atoms. The summed E-state index contributed by atoms with van der Waals surface area (Å²) in [5.41, 5.74) is 0.932. The van der Waals surface area contributed by atoms with Crippen LogP contribution in [0.5, 0.6) is 5.75 Å². The van der Waals surface area contributed by atoms with Crippen molar-refractivity contribution in [3.8, 4) is 5.75 Å². The molecule has 134 valence electrons. The molecule has 3 N–H and O–H groups in total. The number of benzene rings is 1. The van der Waals surface area contributed by atoms with Crippen LogP contribution in [0.1, 0.15) is 5.56 Å². The molecule has 5 atom stereocenters. The Bertz CT molecular complexity index is 504. The molecule has 1 saturated heterocycles. The molecule has 0 saturated carbocycles. The lowest BCUT2D eigenvalue weighted by atomic mass is 9.99. The maximum atomic E-state index is 10.3. The lowest BCUT2D eigenvalue weighted by molar-refractivity contribution is -0.295. The summed E-state index contributed by atoms with van der Waals surface area (Å²) in [6.45, 7) is 4.02. The van der Waals surface area contributed by atoms with E-state index in [9.17, 15) is 15.3 Å². The van der Waals surface area contributed by atoms with Crippen LogP contribution in [0.25, 0.3) is 0 Å². The van der Waals surface area contributed by atoms with Crippen LogP contribution >= 0.6 is 0 Å². The standard InChI is InChI=1S/C17H24O7/c1-3-8-23-16-14(18)13(24-17(20)15(16)19)10-22-9-11-4-6-12(21-2)7-5-11/h3-7,13-20H,1,8-10H2,2H3. The van der Waals surface area contributed by atoms with E-state index in [1.165, 1.54) is 6.08 Å². The van der Waals surface area contributed by atoms with E-state index in [0.717, 1.165) is 11.3 Å². The molecule has 0 amide bonds. The van der Waals surface area contributed by atoms with Crippen molar-refractivity contribution in [2.24, 2.45) is 0 Å². The van der Waals surface area contributed by atoms with Crippen LogP contribution in [0.2, 0.25) is 0 Å². The predicted molar refractivity (Wildman–Crippen MR) is 85.5 cm³/mol. The molecule has 0 aromatic heterocycles. The zero-order valence-corrected chi connectivity index (χ0v) is 13.6. The van der Waals surface area contributed by atoms with Gasteiger partial charge >= 0.3 is 0 Å². The summed E-state index contributed by atoms with van der Waals surface area (Å²) in [5.74, 6) is 0.754. The van der Waals surface area contributed by atoms with Crippen LogP contribution < -0.4 is 4.74 Å². The minimum absolute atomic E-state index is 0.0466. The normalized spacial score (nSPS) is 30.1. The highest BCUT2D eigenvalue weighted by Crippen LogP contribution is 2.23. The molecular weight excluding hydrogens is 316 g/mol. The molecule has 24 heavy (non-hydrogen) atoms. The van der Waals surface area contributed by atoms with Gasteiger partial charge in [0.15, 0.2) is 6.29 Å². The van der Waals surface area contributed by atoms with Gasteiger partial charge in [-0.05, 0) is 17.7 Å². The maximum Gasteiger partial charge on any atom is 0.184 e. The van der Waals surface area contributed by atoms with E-state index >= 15 is 0 Å². The SMILES string of the molecule is C=CCOC1C(O)C(O)OC(COCc2ccc(OC)cc2)C1O. The number of hydrogen-bond donors (Lipinski definition) is 3. The Labute approximate surface area is 141 Å². The van der Waals surface area contributed by atoms with Gasteiger partial charge in [0.05, 0.1) is 26.9 Å². The van der Waals surface area contributed by atoms with Gasteiger partial charge in [0.25, 0.3) is 0 Å². The Morgan fingerprint density at radius 1 is 1.17 bits per heavy atom. The molecule has 1 aromatic carbocycles. The molecule has 2 rings (SSSR count). The van der Waals surface area contributed by atoms with E-state index < -0.39 is 30.7 Å². The van der Waals surface area contributed by atoms with Crippen molar-refractivity contribution in [2.75, 3.05) is 20.3 Å². The molecular formula is C17H24O7. The summed E-state index contributed by atoms with van der Waals surface area (Å²) in [5, 5.41) is 29.9. The van der Waals surface area contributed by atoms with Crippen molar-refractivity contribution in [1.29, 1.82) is 0 Å². The van der Waals surface area contributed by atoms with E-state index in [2.05, 4.69) is 6.58 Å². The third-order valence-electron chi connectivity index (χ3n) is 3.78. The maximum absolute atomic E-state index is 10.3. The molecule has 5 unspecified atom stereocenters. The smallest absolute Gasteiger partial charge is 0.184 e. The average molecular weight is 340 g/mol. The first-order chi connectivity index (χ1) is 11.6. The molecule has 1 heterocycles. The van der Waals surface area contributed by atoms with Crippen LogP contribution in [0.3, 0.4) is 0 Å². The number of aliphatic hydroxyl groups excluding tert-OH is 3. The molecule has 1 aliphatic rings. The predicted octanol–water partition coefficient (Wildman–Crippen LogP) is 0.222. The second-order valence-corrected chi connectivity index (χ2v) is 5.50. The summed E-state index contributed by atoms with van der Waals surface area (Å²) >= 11 is 0. The van der Waals surface area contributed by atoms with Crippen LogP contribution in [0.4, 0.5) is 0 Å². The molecule has 0 radical (unpaired) electrons. The van der Waals surface area contributed by atoms with E-state index in [1.54, 1.807) is 7.11 Å². The van der Waals surface area contributed by atoms with Crippen molar-refractivity contribution < 1.29 is 34.3 Å². The van der Waals surface area contributed by atoms with Gasteiger partial charge in [-0.25, -0.2) is 0 Å². The third kappa shape index (κ3) is 4.76. The fourth-order valence-electron chi connectivity index (χ4n) is 2.44. The molecule has 0 spiro atoms. The minimum Gasteiger partial charge on any atom is -0.497 e. The topological polar surface area (TPSA) is 97.6 Å². The Hall–Kier alpha value is -1.48. The van der Waals surface area contributed by atoms with Gasteiger partial charge in [0.1, 0.15) is 30.2 Å². The summed E-state index contributed by atoms with van der Waals surface area (Å²) < 4.78 is 21.1. The molecule has 1 aliphatic heterocycles. The van der Waals surface area contributed by atoms with E-state index in [4.69, 9.17) is 18.9 Å². The summed E-state index contributed by atoms with van der Waals surface area (Å²) in [6.07, 6.45) is -4.19. The number of ether oxygens (including phenoxy) is 4. The quantitative estimate of drug-likeness (QED) is 0.583. The van der Waals surface area contributed by atoms with Gasteiger partial charge in [0.2, 0.25) is 0 Å². The Kier molecular flexibility index (Phi) is 7.16. The van der Waals surface area contributed by atoms with Crippen LogP contribution in [0.15, 0.2) is 36.9 Å². The number of rotatable bonds is 8. The van der Waals surface area contributed by atoms with Crippen molar-refractivity contribution >= 4 is 0 Å². The van der Waals surface area contributed by atoms with Crippen molar-refractivity contribution in [3.05, 3.63) is 42.5 Å². The second kappa shape index (κ2) is 9.12. The Balaban J connectivity index is 1.86. The van der Waals surface area contributed by atoms with Gasteiger partial charge < -0.3 is 34.3 Å². The Morgan fingerprint density at radius 2 is 1.88 bits per heavy atom. The fraction of sp³-hybridized carbons (Fsp3) is 0.529. The zero-order valence-electron chi connectivity index (χ0n) is 13.6. The Morgan fingerprint density at radius 3 is 2.50 bits per heavy atom. The molecule has 1 aromatic rings. The highest BCUT2D eigenvalue weighted by molar-refractivity contribution is 5.26. The first-order valence-electron chi connectivity index (χ1n) is 7.69. The van der Waals surface area contributed by atoms with E-state index in [-0.39, 0.29) is 13.2 Å². The largest absolute Gasteiger partial charge is 0.497 e. The van der Waals surface area contributed by atoms with Crippen molar-refractivity contribution in [2.45, 2.75) is 37.3 Å². The molecule has 0 aliphatic carbocycles. The van der Waals surface area contributed by atoms with Crippen molar-refractivity contribution in [3.63, 3.8) is 0 Å².